The molecule has 2 rings (SSSR count). The fourth-order valence-corrected chi connectivity index (χ4v) is 3.10. The largest absolute Gasteiger partial charge is 0.496 e. The number of rotatable bonds is 9. The maximum absolute atomic E-state index is 12.5. The summed E-state index contributed by atoms with van der Waals surface area (Å²) in [6, 6.07) is 11.3. The fourth-order valence-electron chi connectivity index (χ4n) is 2.38. The van der Waals surface area contributed by atoms with Gasteiger partial charge in [0.15, 0.2) is 0 Å². The van der Waals surface area contributed by atoms with Crippen LogP contribution in [0.4, 0.5) is 4.79 Å². The number of urea groups is 1. The normalized spacial score (nSPS) is 10.3. The third-order valence-corrected chi connectivity index (χ3v) is 4.47. The number of thiophene rings is 1. The molecule has 0 aliphatic rings. The van der Waals surface area contributed by atoms with Gasteiger partial charge in [-0.1, -0.05) is 24.3 Å². The van der Waals surface area contributed by atoms with Crippen LogP contribution in [0.25, 0.3) is 0 Å². The van der Waals surface area contributed by atoms with Crippen molar-refractivity contribution in [1.82, 2.24) is 10.2 Å². The van der Waals surface area contributed by atoms with E-state index >= 15 is 0 Å². The lowest BCUT2D eigenvalue weighted by Gasteiger charge is -2.23. The number of carboxylic acid groups (broad SMARTS) is 1. The third kappa shape index (κ3) is 6.11. The minimum Gasteiger partial charge on any atom is -0.496 e. The summed E-state index contributed by atoms with van der Waals surface area (Å²) >= 11 is 1.59. The molecule has 2 N–H and O–H groups in total. The minimum absolute atomic E-state index is 0.0394. The number of benzene rings is 1. The van der Waals surface area contributed by atoms with Crippen LogP contribution in [-0.2, 0) is 17.9 Å². The average molecular weight is 362 g/mol. The molecule has 1 aromatic carbocycles. The van der Waals surface area contributed by atoms with E-state index in [-0.39, 0.29) is 12.5 Å². The van der Waals surface area contributed by atoms with Gasteiger partial charge in [-0.05, 0) is 23.9 Å². The average Bonchev–Trinajstić information content (AvgIpc) is 3.11. The third-order valence-electron chi connectivity index (χ3n) is 3.61. The molecule has 0 unspecified atom stereocenters. The van der Waals surface area contributed by atoms with Crippen molar-refractivity contribution in [2.24, 2.45) is 0 Å². The first kappa shape index (κ1) is 18.8. The predicted octanol–water partition coefficient (Wildman–Crippen LogP) is 3.33. The number of hydrogen-bond acceptors (Lipinski definition) is 4. The van der Waals surface area contributed by atoms with Crippen molar-refractivity contribution in [2.75, 3.05) is 13.7 Å². The quantitative estimate of drug-likeness (QED) is 0.671. The Balaban J connectivity index is 2.04. The van der Waals surface area contributed by atoms with Gasteiger partial charge in [0, 0.05) is 23.4 Å². The lowest BCUT2D eigenvalue weighted by atomic mass is 10.2. The Morgan fingerprint density at radius 1 is 1.20 bits per heavy atom. The molecule has 25 heavy (non-hydrogen) atoms. The summed E-state index contributed by atoms with van der Waals surface area (Å²) in [6.45, 7) is 1.23. The van der Waals surface area contributed by atoms with Crippen molar-refractivity contribution in [1.29, 1.82) is 0 Å². The van der Waals surface area contributed by atoms with Gasteiger partial charge in [0.1, 0.15) is 5.75 Å². The Bertz CT molecular complexity index is 688. The maximum Gasteiger partial charge on any atom is 0.318 e. The van der Waals surface area contributed by atoms with E-state index in [2.05, 4.69) is 5.32 Å². The second-order valence-corrected chi connectivity index (χ2v) is 6.51. The van der Waals surface area contributed by atoms with Gasteiger partial charge in [-0.3, -0.25) is 4.79 Å². The summed E-state index contributed by atoms with van der Waals surface area (Å²) in [5, 5.41) is 13.4. The van der Waals surface area contributed by atoms with Crippen molar-refractivity contribution in [3.8, 4) is 5.75 Å². The molecule has 0 aliphatic carbocycles. The molecule has 0 radical (unpaired) electrons. The van der Waals surface area contributed by atoms with Gasteiger partial charge >= 0.3 is 12.0 Å². The van der Waals surface area contributed by atoms with Crippen molar-refractivity contribution in [3.05, 3.63) is 52.2 Å². The Morgan fingerprint density at radius 3 is 2.68 bits per heavy atom. The lowest BCUT2D eigenvalue weighted by molar-refractivity contribution is -0.137. The van der Waals surface area contributed by atoms with Crippen LogP contribution in [0.2, 0.25) is 0 Å². The number of amides is 2. The van der Waals surface area contributed by atoms with Crippen LogP contribution in [-0.4, -0.2) is 35.7 Å². The molecule has 0 bridgehead atoms. The number of para-hydroxylation sites is 1. The number of carbonyl (C=O) groups is 2. The van der Waals surface area contributed by atoms with E-state index in [0.29, 0.717) is 26.1 Å². The molecule has 0 fully saturated rings. The highest BCUT2D eigenvalue weighted by Gasteiger charge is 2.16. The number of nitrogens with zero attached hydrogens (tertiary/aromatic N) is 1. The first-order valence-corrected chi connectivity index (χ1v) is 8.87. The zero-order chi connectivity index (χ0) is 18.1. The van der Waals surface area contributed by atoms with Crippen LogP contribution in [0.1, 0.15) is 23.3 Å². The summed E-state index contributed by atoms with van der Waals surface area (Å²) in [5.41, 5.74) is 0.919. The number of carbonyl (C=O) groups excluding carboxylic acids is 1. The maximum atomic E-state index is 12.5. The van der Waals surface area contributed by atoms with E-state index in [1.54, 1.807) is 23.3 Å². The monoisotopic (exact) mass is 362 g/mol. The van der Waals surface area contributed by atoms with Crippen LogP contribution >= 0.6 is 11.3 Å². The molecule has 0 atom stereocenters. The molecule has 6 nitrogen and oxygen atoms in total. The zero-order valence-corrected chi connectivity index (χ0v) is 14.9. The topological polar surface area (TPSA) is 78.9 Å². The lowest BCUT2D eigenvalue weighted by Crippen LogP contribution is -2.39. The second-order valence-electron chi connectivity index (χ2n) is 5.48. The van der Waals surface area contributed by atoms with E-state index in [9.17, 15) is 9.59 Å². The van der Waals surface area contributed by atoms with Gasteiger partial charge in [-0.25, -0.2) is 4.79 Å². The van der Waals surface area contributed by atoms with Crippen molar-refractivity contribution in [3.63, 3.8) is 0 Å². The molecule has 0 aliphatic heterocycles. The fraction of sp³-hybridized carbons (Fsp3) is 0.333. The molecular weight excluding hydrogens is 340 g/mol. The van der Waals surface area contributed by atoms with E-state index in [0.717, 1.165) is 16.2 Å². The minimum atomic E-state index is -0.862. The van der Waals surface area contributed by atoms with Crippen LogP contribution in [0.3, 0.4) is 0 Å². The van der Waals surface area contributed by atoms with Gasteiger partial charge in [-0.2, -0.15) is 0 Å². The predicted molar refractivity (Wildman–Crippen MR) is 96.8 cm³/mol. The summed E-state index contributed by atoms with van der Waals surface area (Å²) in [7, 11) is 1.61. The van der Waals surface area contributed by atoms with Gasteiger partial charge in [-0.15, -0.1) is 11.3 Å². The number of ether oxygens (including phenoxy) is 1. The molecule has 1 aromatic heterocycles. The summed E-state index contributed by atoms with van der Waals surface area (Å²) < 4.78 is 5.37. The summed E-state index contributed by atoms with van der Waals surface area (Å²) in [4.78, 5) is 25.9. The SMILES string of the molecule is COc1ccccc1CN(Cc1cccs1)C(=O)NCCCC(=O)O. The zero-order valence-electron chi connectivity index (χ0n) is 14.1. The molecule has 2 aromatic rings. The molecule has 2 amide bonds. The number of carboxylic acids is 1. The van der Waals surface area contributed by atoms with Gasteiger partial charge in [0.2, 0.25) is 0 Å². The number of methoxy groups -OCH3 is 1. The molecule has 7 heteroatoms. The smallest absolute Gasteiger partial charge is 0.318 e. The van der Waals surface area contributed by atoms with E-state index in [4.69, 9.17) is 9.84 Å². The van der Waals surface area contributed by atoms with Gasteiger partial charge in [0.25, 0.3) is 0 Å². The molecule has 0 saturated heterocycles. The molecule has 0 spiro atoms. The van der Waals surface area contributed by atoms with Crippen molar-refractivity contribution in [2.45, 2.75) is 25.9 Å². The van der Waals surface area contributed by atoms with E-state index in [1.165, 1.54) is 0 Å². The Morgan fingerprint density at radius 2 is 2.00 bits per heavy atom. The van der Waals surface area contributed by atoms with E-state index < -0.39 is 5.97 Å². The van der Waals surface area contributed by atoms with E-state index in [1.807, 2.05) is 41.8 Å². The van der Waals surface area contributed by atoms with Crippen LogP contribution in [0.5, 0.6) is 5.75 Å². The highest BCUT2D eigenvalue weighted by atomic mass is 32.1. The molecule has 1 heterocycles. The van der Waals surface area contributed by atoms with Crippen LogP contribution in [0.15, 0.2) is 41.8 Å². The second kappa shape index (κ2) is 9.68. The van der Waals surface area contributed by atoms with Gasteiger partial charge < -0.3 is 20.1 Å². The first-order valence-electron chi connectivity index (χ1n) is 7.99. The van der Waals surface area contributed by atoms with Crippen molar-refractivity contribution < 1.29 is 19.4 Å². The number of aliphatic carboxylic acids is 1. The van der Waals surface area contributed by atoms with Crippen LogP contribution < -0.4 is 10.1 Å². The molecule has 0 saturated carbocycles. The molecular formula is C18H22N2O4S. The Labute approximate surface area is 151 Å². The first-order chi connectivity index (χ1) is 12.1. The summed E-state index contributed by atoms with van der Waals surface area (Å²) in [5.74, 6) is -0.129. The number of hydrogen-bond donors (Lipinski definition) is 2. The highest BCUT2D eigenvalue weighted by Crippen LogP contribution is 2.21. The number of nitrogens with one attached hydrogen (secondary N) is 1. The van der Waals surface area contributed by atoms with Crippen LogP contribution in [0, 0.1) is 0 Å². The van der Waals surface area contributed by atoms with Crippen molar-refractivity contribution >= 4 is 23.3 Å². The molecule has 134 valence electrons. The summed E-state index contributed by atoms with van der Waals surface area (Å²) in [6.07, 6.45) is 0.445. The standard InChI is InChI=1S/C18H22N2O4S/c1-24-16-8-3-2-6-14(16)12-20(13-15-7-5-11-25-15)18(23)19-10-4-9-17(21)22/h2-3,5-8,11H,4,9-10,12-13H2,1H3,(H,19,23)(H,21,22). The van der Waals surface area contributed by atoms with Gasteiger partial charge in [0.05, 0.1) is 20.2 Å². The highest BCUT2D eigenvalue weighted by molar-refractivity contribution is 7.09. The Hall–Kier alpha value is -2.54. The Kier molecular flexibility index (Phi) is 7.28.